The van der Waals surface area contributed by atoms with Crippen LogP contribution in [0, 0.1) is 13.8 Å². The monoisotopic (exact) mass is 312 g/mol. The van der Waals surface area contributed by atoms with Gasteiger partial charge in [0, 0.05) is 24.3 Å². The molecular weight excluding hydrogens is 296 g/mol. The molecule has 1 amide bonds. The van der Waals surface area contributed by atoms with Crippen molar-refractivity contribution < 1.29 is 4.79 Å². The van der Waals surface area contributed by atoms with Gasteiger partial charge in [-0.25, -0.2) is 9.97 Å². The van der Waals surface area contributed by atoms with E-state index in [1.807, 2.05) is 45.2 Å². The minimum atomic E-state index is -0.241. The summed E-state index contributed by atoms with van der Waals surface area (Å²) in [4.78, 5) is 20.9. The van der Waals surface area contributed by atoms with Crippen molar-refractivity contribution in [3.05, 3.63) is 52.8 Å². The Morgan fingerprint density at radius 3 is 2.77 bits per heavy atom. The number of rotatable bonds is 3. The van der Waals surface area contributed by atoms with Gasteiger partial charge in [0.25, 0.3) is 5.91 Å². The van der Waals surface area contributed by atoms with Gasteiger partial charge in [-0.05, 0) is 37.6 Å². The lowest BCUT2D eigenvalue weighted by atomic mass is 10.3. The Hall–Kier alpha value is -2.47. The summed E-state index contributed by atoms with van der Waals surface area (Å²) in [7, 11) is 1.99. The van der Waals surface area contributed by atoms with Gasteiger partial charge < -0.3 is 9.88 Å². The van der Waals surface area contributed by atoms with Crippen LogP contribution in [0.4, 0.5) is 5.82 Å². The Bertz CT molecular complexity index is 834. The molecule has 0 radical (unpaired) electrons. The average molecular weight is 312 g/mol. The molecular formula is C16H16N4OS. The summed E-state index contributed by atoms with van der Waals surface area (Å²) in [5.41, 5.74) is 3.49. The molecule has 3 aromatic heterocycles. The summed E-state index contributed by atoms with van der Waals surface area (Å²) in [6.07, 6.45) is 1.65. The second-order valence-electron chi connectivity index (χ2n) is 5.08. The second-order valence-corrected chi connectivity index (χ2v) is 5.94. The first kappa shape index (κ1) is 14.5. The highest BCUT2D eigenvalue weighted by Crippen LogP contribution is 2.25. The van der Waals surface area contributed by atoms with Crippen molar-refractivity contribution in [3.63, 3.8) is 0 Å². The number of hydrogen-bond acceptors (Lipinski definition) is 4. The summed E-state index contributed by atoms with van der Waals surface area (Å²) in [5, 5.41) is 5.40. The Morgan fingerprint density at radius 2 is 2.09 bits per heavy atom. The first-order valence-electron chi connectivity index (χ1n) is 6.87. The maximum Gasteiger partial charge on any atom is 0.276 e. The minimum Gasteiger partial charge on any atom is -0.346 e. The van der Waals surface area contributed by atoms with Crippen molar-refractivity contribution in [1.82, 2.24) is 14.5 Å². The molecule has 0 aliphatic heterocycles. The van der Waals surface area contributed by atoms with Crippen LogP contribution < -0.4 is 5.32 Å². The van der Waals surface area contributed by atoms with Gasteiger partial charge in [-0.1, -0.05) is 6.07 Å². The van der Waals surface area contributed by atoms with E-state index >= 15 is 0 Å². The molecule has 3 rings (SSSR count). The molecule has 6 heteroatoms. The normalized spacial score (nSPS) is 10.7. The molecule has 0 fully saturated rings. The van der Waals surface area contributed by atoms with Crippen molar-refractivity contribution >= 4 is 23.1 Å². The van der Waals surface area contributed by atoms with E-state index in [9.17, 15) is 4.79 Å². The molecule has 0 saturated carbocycles. The fraction of sp³-hybridized carbons (Fsp3) is 0.188. The number of carbonyl (C=O) groups is 1. The molecule has 0 atom stereocenters. The van der Waals surface area contributed by atoms with Gasteiger partial charge in [0.2, 0.25) is 0 Å². The Labute approximate surface area is 132 Å². The van der Waals surface area contributed by atoms with Crippen molar-refractivity contribution in [1.29, 1.82) is 0 Å². The predicted molar refractivity (Wildman–Crippen MR) is 88.2 cm³/mol. The Kier molecular flexibility index (Phi) is 3.77. The van der Waals surface area contributed by atoms with Gasteiger partial charge in [0.05, 0.1) is 5.69 Å². The first-order chi connectivity index (χ1) is 10.6. The number of nitrogens with one attached hydrogen (secondary N) is 1. The highest BCUT2D eigenvalue weighted by molar-refractivity contribution is 7.13. The SMILES string of the molecule is Cc1cccnc1NC(=O)c1csc(-c2ccc(C)n2C)n1. The van der Waals surface area contributed by atoms with Crippen LogP contribution in [0.2, 0.25) is 0 Å². The number of aryl methyl sites for hydroxylation is 2. The van der Waals surface area contributed by atoms with E-state index in [1.165, 1.54) is 11.3 Å². The number of nitrogens with zero attached hydrogens (tertiary/aromatic N) is 3. The summed E-state index contributed by atoms with van der Waals surface area (Å²) in [6, 6.07) is 7.79. The van der Waals surface area contributed by atoms with Gasteiger partial charge >= 0.3 is 0 Å². The zero-order valence-electron chi connectivity index (χ0n) is 12.6. The van der Waals surface area contributed by atoms with Crippen LogP contribution in [0.25, 0.3) is 10.7 Å². The van der Waals surface area contributed by atoms with Crippen LogP contribution >= 0.6 is 11.3 Å². The van der Waals surface area contributed by atoms with Crippen LogP contribution in [0.5, 0.6) is 0 Å². The lowest BCUT2D eigenvalue weighted by molar-refractivity contribution is 0.102. The standard InChI is InChI=1S/C16H16N4OS/c1-10-5-4-8-17-14(10)19-15(21)12-9-22-16(18-12)13-7-6-11(2)20(13)3/h4-9H,1-3H3,(H,17,19,21). The molecule has 0 spiro atoms. The molecule has 22 heavy (non-hydrogen) atoms. The van der Waals surface area contributed by atoms with Crippen LogP contribution in [0.3, 0.4) is 0 Å². The third kappa shape index (κ3) is 2.65. The van der Waals surface area contributed by atoms with Crippen molar-refractivity contribution in [2.75, 3.05) is 5.32 Å². The number of aromatic nitrogens is 3. The highest BCUT2D eigenvalue weighted by Gasteiger charge is 2.15. The highest BCUT2D eigenvalue weighted by atomic mass is 32.1. The number of amides is 1. The molecule has 0 saturated heterocycles. The number of carbonyl (C=O) groups excluding carboxylic acids is 1. The fourth-order valence-corrected chi connectivity index (χ4v) is 2.97. The van der Waals surface area contributed by atoms with E-state index in [1.54, 1.807) is 11.6 Å². The topological polar surface area (TPSA) is 59.8 Å². The lowest BCUT2D eigenvalue weighted by Crippen LogP contribution is -2.14. The van der Waals surface area contributed by atoms with E-state index in [0.29, 0.717) is 11.5 Å². The van der Waals surface area contributed by atoms with E-state index in [4.69, 9.17) is 0 Å². The summed E-state index contributed by atoms with van der Waals surface area (Å²) < 4.78 is 2.06. The summed E-state index contributed by atoms with van der Waals surface area (Å²) in [5.74, 6) is 0.326. The van der Waals surface area contributed by atoms with E-state index < -0.39 is 0 Å². The predicted octanol–water partition coefficient (Wildman–Crippen LogP) is 3.41. The van der Waals surface area contributed by atoms with Gasteiger partial charge in [-0.15, -0.1) is 11.3 Å². The molecule has 112 valence electrons. The number of anilines is 1. The molecule has 0 aliphatic carbocycles. The van der Waals surface area contributed by atoms with Gasteiger partial charge in [0.1, 0.15) is 16.5 Å². The average Bonchev–Trinajstić information content (AvgIpc) is 3.10. The first-order valence-corrected chi connectivity index (χ1v) is 7.75. The molecule has 0 aliphatic rings. The Morgan fingerprint density at radius 1 is 1.27 bits per heavy atom. The lowest BCUT2D eigenvalue weighted by Gasteiger charge is -2.05. The molecule has 0 aromatic carbocycles. The maximum absolute atomic E-state index is 12.3. The second kappa shape index (κ2) is 5.73. The van der Waals surface area contributed by atoms with Gasteiger partial charge in [0.15, 0.2) is 0 Å². The molecule has 3 aromatic rings. The number of hydrogen-bond donors (Lipinski definition) is 1. The van der Waals surface area contributed by atoms with E-state index in [-0.39, 0.29) is 5.91 Å². The van der Waals surface area contributed by atoms with Crippen LogP contribution in [-0.4, -0.2) is 20.4 Å². The van der Waals surface area contributed by atoms with Crippen molar-refractivity contribution in [2.45, 2.75) is 13.8 Å². The smallest absolute Gasteiger partial charge is 0.276 e. The number of thiazole rings is 1. The summed E-state index contributed by atoms with van der Waals surface area (Å²) in [6.45, 7) is 3.94. The van der Waals surface area contributed by atoms with Crippen LogP contribution in [-0.2, 0) is 7.05 Å². The third-order valence-electron chi connectivity index (χ3n) is 3.57. The molecule has 0 bridgehead atoms. The molecule has 3 heterocycles. The molecule has 0 unspecified atom stereocenters. The van der Waals surface area contributed by atoms with Gasteiger partial charge in [-0.3, -0.25) is 4.79 Å². The van der Waals surface area contributed by atoms with Crippen molar-refractivity contribution in [2.24, 2.45) is 7.05 Å². The van der Waals surface area contributed by atoms with E-state index in [2.05, 4.69) is 19.9 Å². The van der Waals surface area contributed by atoms with Gasteiger partial charge in [-0.2, -0.15) is 0 Å². The van der Waals surface area contributed by atoms with Crippen LogP contribution in [0.15, 0.2) is 35.8 Å². The summed E-state index contributed by atoms with van der Waals surface area (Å²) >= 11 is 1.46. The zero-order chi connectivity index (χ0) is 15.7. The third-order valence-corrected chi connectivity index (χ3v) is 4.43. The fourth-order valence-electron chi connectivity index (χ4n) is 2.11. The van der Waals surface area contributed by atoms with Crippen molar-refractivity contribution in [3.8, 4) is 10.7 Å². The van der Waals surface area contributed by atoms with E-state index in [0.717, 1.165) is 22.0 Å². The maximum atomic E-state index is 12.3. The number of pyridine rings is 1. The Balaban J connectivity index is 1.83. The quantitative estimate of drug-likeness (QED) is 0.806. The largest absolute Gasteiger partial charge is 0.346 e. The minimum absolute atomic E-state index is 0.241. The molecule has 5 nitrogen and oxygen atoms in total. The molecule has 1 N–H and O–H groups in total. The zero-order valence-corrected chi connectivity index (χ0v) is 13.4. The van der Waals surface area contributed by atoms with Crippen LogP contribution in [0.1, 0.15) is 21.7 Å².